The molecule has 1 N–H and O–H groups in total. The van der Waals surface area contributed by atoms with Crippen molar-refractivity contribution in [1.29, 1.82) is 0 Å². The largest absolute Gasteiger partial charge is 0.388 e. The van der Waals surface area contributed by atoms with Crippen LogP contribution in [0.1, 0.15) is 25.7 Å². The van der Waals surface area contributed by atoms with E-state index in [1.54, 1.807) is 0 Å². The van der Waals surface area contributed by atoms with E-state index in [1.807, 2.05) is 0 Å². The zero-order valence-electron chi connectivity index (χ0n) is 6.01. The van der Waals surface area contributed by atoms with Gasteiger partial charge in [0, 0.05) is 0 Å². The first kappa shape index (κ1) is 6.17. The maximum Gasteiger partial charge on any atom is 0.0789 e. The van der Waals surface area contributed by atoms with Crippen LogP contribution in [0, 0.1) is 0 Å². The second-order valence-electron chi connectivity index (χ2n) is 3.07. The molecule has 0 heterocycles. The van der Waals surface area contributed by atoms with E-state index in [9.17, 15) is 5.11 Å². The van der Waals surface area contributed by atoms with E-state index >= 15 is 0 Å². The lowest BCUT2D eigenvalue weighted by Crippen LogP contribution is -2.13. The van der Waals surface area contributed by atoms with E-state index < -0.39 is 0 Å². The van der Waals surface area contributed by atoms with Gasteiger partial charge in [-0.3, -0.25) is 0 Å². The minimum Gasteiger partial charge on any atom is -0.388 e. The molecule has 0 spiro atoms. The molecule has 1 atom stereocenters. The SMILES string of the molecule is O[C@H]1CCCC2=C1C=CC2. The number of hydrogen-bond acceptors (Lipinski definition) is 1. The third kappa shape index (κ3) is 0.816. The molecule has 2 rings (SSSR count). The molecule has 1 heteroatoms. The summed E-state index contributed by atoms with van der Waals surface area (Å²) in [6, 6.07) is 0. The van der Waals surface area contributed by atoms with Crippen LogP contribution in [-0.2, 0) is 0 Å². The lowest BCUT2D eigenvalue weighted by atomic mass is 9.91. The second kappa shape index (κ2) is 2.24. The van der Waals surface area contributed by atoms with Crippen LogP contribution in [-0.4, -0.2) is 11.2 Å². The third-order valence-corrected chi connectivity index (χ3v) is 2.39. The van der Waals surface area contributed by atoms with Crippen LogP contribution in [0.3, 0.4) is 0 Å². The van der Waals surface area contributed by atoms with Gasteiger partial charge in [0.1, 0.15) is 0 Å². The fraction of sp³-hybridized carbons (Fsp3) is 0.556. The summed E-state index contributed by atoms with van der Waals surface area (Å²) < 4.78 is 0. The maximum absolute atomic E-state index is 9.47. The molecule has 0 fully saturated rings. The first-order chi connectivity index (χ1) is 4.88. The van der Waals surface area contributed by atoms with E-state index in [0.717, 1.165) is 12.8 Å². The van der Waals surface area contributed by atoms with E-state index in [1.165, 1.54) is 24.0 Å². The Bertz CT molecular complexity index is 201. The van der Waals surface area contributed by atoms with Gasteiger partial charge in [0.05, 0.1) is 6.10 Å². The summed E-state index contributed by atoms with van der Waals surface area (Å²) in [4.78, 5) is 0. The predicted octanol–water partition coefficient (Wildman–Crippen LogP) is 1.79. The molecule has 2 aliphatic rings. The monoisotopic (exact) mass is 136 g/mol. The Morgan fingerprint density at radius 1 is 1.50 bits per heavy atom. The summed E-state index contributed by atoms with van der Waals surface area (Å²) in [5.41, 5.74) is 2.69. The summed E-state index contributed by atoms with van der Waals surface area (Å²) in [6.45, 7) is 0. The van der Waals surface area contributed by atoms with Crippen LogP contribution in [0.15, 0.2) is 23.3 Å². The summed E-state index contributed by atoms with van der Waals surface area (Å²) in [5.74, 6) is 0. The molecule has 0 saturated heterocycles. The first-order valence-corrected chi connectivity index (χ1v) is 3.94. The smallest absolute Gasteiger partial charge is 0.0789 e. The van der Waals surface area contributed by atoms with Gasteiger partial charge in [0.15, 0.2) is 0 Å². The summed E-state index contributed by atoms with van der Waals surface area (Å²) in [7, 11) is 0. The Morgan fingerprint density at radius 2 is 2.40 bits per heavy atom. The van der Waals surface area contributed by atoms with E-state index in [-0.39, 0.29) is 6.10 Å². The molecule has 0 radical (unpaired) electrons. The van der Waals surface area contributed by atoms with Crippen molar-refractivity contribution in [2.24, 2.45) is 0 Å². The van der Waals surface area contributed by atoms with Crippen molar-refractivity contribution in [3.63, 3.8) is 0 Å². The molecule has 0 aromatic carbocycles. The topological polar surface area (TPSA) is 20.2 Å². The highest BCUT2D eigenvalue weighted by molar-refractivity contribution is 5.38. The van der Waals surface area contributed by atoms with Gasteiger partial charge in [-0.05, 0) is 31.3 Å². The minimum absolute atomic E-state index is 0.150. The maximum atomic E-state index is 9.47. The predicted molar refractivity (Wildman–Crippen MR) is 40.6 cm³/mol. The van der Waals surface area contributed by atoms with Crippen LogP contribution >= 0.6 is 0 Å². The highest BCUT2D eigenvalue weighted by Crippen LogP contribution is 2.32. The molecule has 2 aliphatic carbocycles. The Morgan fingerprint density at radius 3 is 3.20 bits per heavy atom. The van der Waals surface area contributed by atoms with E-state index in [2.05, 4.69) is 12.2 Å². The molecule has 0 unspecified atom stereocenters. The van der Waals surface area contributed by atoms with Crippen molar-refractivity contribution in [2.45, 2.75) is 31.8 Å². The normalized spacial score (nSPS) is 31.1. The fourth-order valence-corrected chi connectivity index (χ4v) is 1.82. The van der Waals surface area contributed by atoms with Gasteiger partial charge < -0.3 is 5.11 Å². The lowest BCUT2D eigenvalue weighted by molar-refractivity contribution is 0.193. The number of aliphatic hydroxyl groups excluding tert-OH is 1. The molecular formula is C9H12O. The molecule has 54 valence electrons. The zero-order valence-corrected chi connectivity index (χ0v) is 6.01. The highest BCUT2D eigenvalue weighted by atomic mass is 16.3. The van der Waals surface area contributed by atoms with E-state index in [4.69, 9.17) is 0 Å². The molecule has 0 aromatic rings. The standard InChI is InChI=1S/C9H12O/c10-9-6-2-4-7-3-1-5-8(7)9/h1,5,9-10H,2-4,6H2/t9-/m0/s1. The molecule has 0 amide bonds. The number of hydrogen-bond donors (Lipinski definition) is 1. The number of rotatable bonds is 0. The van der Waals surface area contributed by atoms with Crippen LogP contribution in [0.25, 0.3) is 0 Å². The van der Waals surface area contributed by atoms with Gasteiger partial charge in [-0.1, -0.05) is 17.7 Å². The van der Waals surface area contributed by atoms with Crippen molar-refractivity contribution >= 4 is 0 Å². The van der Waals surface area contributed by atoms with Crippen molar-refractivity contribution in [2.75, 3.05) is 0 Å². The average molecular weight is 136 g/mol. The van der Waals surface area contributed by atoms with Crippen molar-refractivity contribution < 1.29 is 5.11 Å². The van der Waals surface area contributed by atoms with Gasteiger partial charge in [0.2, 0.25) is 0 Å². The van der Waals surface area contributed by atoms with Crippen molar-refractivity contribution in [3.05, 3.63) is 23.3 Å². The lowest BCUT2D eigenvalue weighted by Gasteiger charge is -2.19. The van der Waals surface area contributed by atoms with Crippen molar-refractivity contribution in [3.8, 4) is 0 Å². The molecule has 0 aromatic heterocycles. The molecule has 10 heavy (non-hydrogen) atoms. The van der Waals surface area contributed by atoms with Gasteiger partial charge in [-0.25, -0.2) is 0 Å². The summed E-state index contributed by atoms with van der Waals surface area (Å²) in [5, 5.41) is 9.47. The average Bonchev–Trinajstić information content (AvgIpc) is 2.36. The van der Waals surface area contributed by atoms with Gasteiger partial charge in [-0.2, -0.15) is 0 Å². The second-order valence-corrected chi connectivity index (χ2v) is 3.07. The van der Waals surface area contributed by atoms with Crippen molar-refractivity contribution in [1.82, 2.24) is 0 Å². The Kier molecular flexibility index (Phi) is 1.38. The number of allylic oxidation sites excluding steroid dienone is 2. The zero-order chi connectivity index (χ0) is 6.97. The molecule has 1 nitrogen and oxygen atoms in total. The quantitative estimate of drug-likeness (QED) is 0.538. The summed E-state index contributed by atoms with van der Waals surface area (Å²) >= 11 is 0. The summed E-state index contributed by atoms with van der Waals surface area (Å²) in [6.07, 6.45) is 8.51. The van der Waals surface area contributed by atoms with Gasteiger partial charge in [0.25, 0.3) is 0 Å². The highest BCUT2D eigenvalue weighted by Gasteiger charge is 2.20. The molecule has 0 bridgehead atoms. The Hall–Kier alpha value is -0.560. The van der Waals surface area contributed by atoms with Crippen LogP contribution in [0.2, 0.25) is 0 Å². The fourth-order valence-electron chi connectivity index (χ4n) is 1.82. The first-order valence-electron chi connectivity index (χ1n) is 3.94. The minimum atomic E-state index is -0.150. The molecule has 0 aliphatic heterocycles. The Balaban J connectivity index is 2.29. The van der Waals surface area contributed by atoms with Gasteiger partial charge in [-0.15, -0.1) is 0 Å². The van der Waals surface area contributed by atoms with Crippen LogP contribution in [0.4, 0.5) is 0 Å². The van der Waals surface area contributed by atoms with E-state index in [0.29, 0.717) is 0 Å². The van der Waals surface area contributed by atoms with Crippen LogP contribution < -0.4 is 0 Å². The molecule has 0 saturated carbocycles. The molecular weight excluding hydrogens is 124 g/mol. The third-order valence-electron chi connectivity index (χ3n) is 2.39. The number of aliphatic hydroxyl groups is 1. The Labute approximate surface area is 61.1 Å². The van der Waals surface area contributed by atoms with Gasteiger partial charge >= 0.3 is 0 Å². The van der Waals surface area contributed by atoms with Crippen LogP contribution in [0.5, 0.6) is 0 Å².